The second-order valence-electron chi connectivity index (χ2n) is 5.39. The Morgan fingerprint density at radius 2 is 2.10 bits per heavy atom. The fourth-order valence-electron chi connectivity index (χ4n) is 2.65. The SMILES string of the molecule is CCN(Cc1cccc(C)n1)C(CN)c1cnn(C)c1C. The summed E-state index contributed by atoms with van der Waals surface area (Å²) in [5, 5.41) is 4.34. The van der Waals surface area contributed by atoms with Crippen molar-refractivity contribution >= 4 is 0 Å². The molecule has 2 heterocycles. The van der Waals surface area contributed by atoms with Crippen LogP contribution in [0.3, 0.4) is 0 Å². The largest absolute Gasteiger partial charge is 0.329 e. The van der Waals surface area contributed by atoms with Crippen LogP contribution >= 0.6 is 0 Å². The second kappa shape index (κ2) is 6.83. The summed E-state index contributed by atoms with van der Waals surface area (Å²) < 4.78 is 1.90. The first-order valence-corrected chi connectivity index (χ1v) is 7.42. The maximum atomic E-state index is 6.04. The third-order valence-electron chi connectivity index (χ3n) is 4.01. The number of likely N-dealkylation sites (N-methyl/N-ethyl adjacent to an activating group) is 1. The van der Waals surface area contributed by atoms with Crippen molar-refractivity contribution in [2.75, 3.05) is 13.1 Å². The summed E-state index contributed by atoms with van der Waals surface area (Å²) in [6.07, 6.45) is 1.93. The molecule has 0 amide bonds. The molecule has 2 aromatic rings. The van der Waals surface area contributed by atoms with E-state index < -0.39 is 0 Å². The first-order chi connectivity index (χ1) is 10.1. The summed E-state index contributed by atoms with van der Waals surface area (Å²) >= 11 is 0. The Morgan fingerprint density at radius 1 is 1.33 bits per heavy atom. The van der Waals surface area contributed by atoms with E-state index >= 15 is 0 Å². The first kappa shape index (κ1) is 15.7. The Kier molecular flexibility index (Phi) is 5.09. The molecule has 1 atom stereocenters. The molecule has 5 nitrogen and oxygen atoms in total. The molecule has 0 saturated carbocycles. The maximum Gasteiger partial charge on any atom is 0.0547 e. The lowest BCUT2D eigenvalue weighted by Crippen LogP contribution is -2.33. The number of hydrogen-bond acceptors (Lipinski definition) is 4. The molecule has 0 aliphatic heterocycles. The molecule has 0 radical (unpaired) electrons. The topological polar surface area (TPSA) is 60.0 Å². The summed E-state index contributed by atoms with van der Waals surface area (Å²) in [6.45, 7) is 8.56. The van der Waals surface area contributed by atoms with Crippen LogP contribution in [-0.4, -0.2) is 32.8 Å². The van der Waals surface area contributed by atoms with E-state index in [4.69, 9.17) is 5.73 Å². The molecular weight excluding hydrogens is 262 g/mol. The zero-order valence-corrected chi connectivity index (χ0v) is 13.4. The van der Waals surface area contributed by atoms with Gasteiger partial charge in [-0.1, -0.05) is 13.0 Å². The van der Waals surface area contributed by atoms with Gasteiger partial charge in [0.05, 0.1) is 17.9 Å². The van der Waals surface area contributed by atoms with Gasteiger partial charge in [0.25, 0.3) is 0 Å². The van der Waals surface area contributed by atoms with Gasteiger partial charge in [0.2, 0.25) is 0 Å². The van der Waals surface area contributed by atoms with Crippen molar-refractivity contribution in [3.63, 3.8) is 0 Å². The average Bonchev–Trinajstić information content (AvgIpc) is 2.79. The molecule has 0 saturated heterocycles. The third-order valence-corrected chi connectivity index (χ3v) is 4.01. The van der Waals surface area contributed by atoms with Crippen LogP contribution < -0.4 is 5.73 Å². The summed E-state index contributed by atoms with van der Waals surface area (Å²) in [4.78, 5) is 6.95. The fraction of sp³-hybridized carbons (Fsp3) is 0.500. The van der Waals surface area contributed by atoms with Gasteiger partial charge < -0.3 is 5.73 Å². The van der Waals surface area contributed by atoms with Crippen molar-refractivity contribution in [2.24, 2.45) is 12.8 Å². The Bertz CT molecular complexity index is 590. The van der Waals surface area contributed by atoms with Gasteiger partial charge in [0, 0.05) is 37.1 Å². The van der Waals surface area contributed by atoms with Crippen LogP contribution in [0.25, 0.3) is 0 Å². The minimum atomic E-state index is 0.172. The van der Waals surface area contributed by atoms with Crippen LogP contribution in [0.2, 0.25) is 0 Å². The molecule has 0 spiro atoms. The van der Waals surface area contributed by atoms with Crippen molar-refractivity contribution in [1.29, 1.82) is 0 Å². The molecule has 0 fully saturated rings. The van der Waals surface area contributed by atoms with E-state index in [1.807, 2.05) is 30.9 Å². The molecule has 2 rings (SSSR count). The smallest absolute Gasteiger partial charge is 0.0547 e. The molecule has 0 bridgehead atoms. The highest BCUT2D eigenvalue weighted by atomic mass is 15.3. The minimum absolute atomic E-state index is 0.172. The van der Waals surface area contributed by atoms with Crippen LogP contribution in [0.15, 0.2) is 24.4 Å². The van der Waals surface area contributed by atoms with Crippen molar-refractivity contribution in [3.8, 4) is 0 Å². The lowest BCUT2D eigenvalue weighted by Gasteiger charge is -2.29. The molecule has 2 N–H and O–H groups in total. The van der Waals surface area contributed by atoms with Crippen molar-refractivity contribution in [1.82, 2.24) is 19.7 Å². The minimum Gasteiger partial charge on any atom is -0.329 e. The second-order valence-corrected chi connectivity index (χ2v) is 5.39. The van der Waals surface area contributed by atoms with Crippen LogP contribution in [0.5, 0.6) is 0 Å². The molecule has 2 aromatic heterocycles. The van der Waals surface area contributed by atoms with Crippen LogP contribution in [0, 0.1) is 13.8 Å². The highest BCUT2D eigenvalue weighted by molar-refractivity contribution is 5.21. The Balaban J connectivity index is 2.23. The molecule has 1 unspecified atom stereocenters. The van der Waals surface area contributed by atoms with E-state index in [-0.39, 0.29) is 6.04 Å². The molecule has 21 heavy (non-hydrogen) atoms. The number of aryl methyl sites for hydroxylation is 2. The van der Waals surface area contributed by atoms with Crippen molar-refractivity contribution in [3.05, 3.63) is 47.0 Å². The molecule has 0 aliphatic carbocycles. The summed E-state index contributed by atoms with van der Waals surface area (Å²) in [7, 11) is 1.96. The predicted molar refractivity (Wildman–Crippen MR) is 84.8 cm³/mol. The highest BCUT2D eigenvalue weighted by Gasteiger charge is 2.22. The van der Waals surface area contributed by atoms with Crippen molar-refractivity contribution < 1.29 is 0 Å². The third kappa shape index (κ3) is 3.49. The lowest BCUT2D eigenvalue weighted by molar-refractivity contribution is 0.200. The number of rotatable bonds is 6. The van der Waals surface area contributed by atoms with E-state index in [1.54, 1.807) is 0 Å². The van der Waals surface area contributed by atoms with Gasteiger partial charge >= 0.3 is 0 Å². The van der Waals surface area contributed by atoms with Crippen molar-refractivity contribution in [2.45, 2.75) is 33.4 Å². The zero-order chi connectivity index (χ0) is 15.4. The van der Waals surface area contributed by atoms with E-state index in [0.717, 1.165) is 24.5 Å². The fourth-order valence-corrected chi connectivity index (χ4v) is 2.65. The number of nitrogens with two attached hydrogens (primary N) is 1. The van der Waals surface area contributed by atoms with E-state index in [1.165, 1.54) is 11.3 Å². The first-order valence-electron chi connectivity index (χ1n) is 7.42. The summed E-state index contributed by atoms with van der Waals surface area (Å²) in [6, 6.07) is 6.31. The van der Waals surface area contributed by atoms with E-state index in [0.29, 0.717) is 6.54 Å². The highest BCUT2D eigenvalue weighted by Crippen LogP contribution is 2.23. The quantitative estimate of drug-likeness (QED) is 0.882. The number of hydrogen-bond donors (Lipinski definition) is 1. The number of pyridine rings is 1. The van der Waals surface area contributed by atoms with Gasteiger partial charge in [-0.25, -0.2) is 0 Å². The monoisotopic (exact) mass is 287 g/mol. The van der Waals surface area contributed by atoms with Gasteiger partial charge in [-0.15, -0.1) is 0 Å². The van der Waals surface area contributed by atoms with Gasteiger partial charge in [-0.3, -0.25) is 14.6 Å². The van der Waals surface area contributed by atoms with Gasteiger partial charge in [0.15, 0.2) is 0 Å². The van der Waals surface area contributed by atoms with E-state index in [9.17, 15) is 0 Å². The Morgan fingerprint density at radius 3 is 2.62 bits per heavy atom. The standard InChI is InChI=1S/C16H25N5/c1-5-21(11-14-8-6-7-12(2)19-14)16(9-17)15-10-18-20(4)13(15)3/h6-8,10,16H,5,9,11,17H2,1-4H3. The molecule has 0 aromatic carbocycles. The van der Waals surface area contributed by atoms with Crippen LogP contribution in [0.1, 0.15) is 35.6 Å². The molecular formula is C16H25N5. The number of aromatic nitrogens is 3. The van der Waals surface area contributed by atoms with Crippen LogP contribution in [-0.2, 0) is 13.6 Å². The Labute approximate surface area is 126 Å². The molecule has 0 aliphatic rings. The number of nitrogens with zero attached hydrogens (tertiary/aromatic N) is 4. The normalized spacial score (nSPS) is 12.9. The molecule has 114 valence electrons. The van der Waals surface area contributed by atoms with Gasteiger partial charge in [-0.2, -0.15) is 5.10 Å². The van der Waals surface area contributed by atoms with Gasteiger partial charge in [0.1, 0.15) is 0 Å². The zero-order valence-electron chi connectivity index (χ0n) is 13.4. The molecule has 5 heteroatoms. The van der Waals surface area contributed by atoms with E-state index in [2.05, 4.69) is 41.0 Å². The Hall–Kier alpha value is -1.72. The summed E-state index contributed by atoms with van der Waals surface area (Å²) in [5.41, 5.74) is 10.5. The maximum absolute atomic E-state index is 6.04. The average molecular weight is 287 g/mol. The van der Waals surface area contributed by atoms with Gasteiger partial charge in [-0.05, 0) is 32.5 Å². The predicted octanol–water partition coefficient (Wildman–Crippen LogP) is 1.95. The lowest BCUT2D eigenvalue weighted by atomic mass is 10.1. The van der Waals surface area contributed by atoms with Crippen LogP contribution in [0.4, 0.5) is 0 Å². The summed E-state index contributed by atoms with van der Waals surface area (Å²) in [5.74, 6) is 0.